The molecule has 0 spiro atoms. The van der Waals surface area contributed by atoms with E-state index in [1.165, 1.54) is 6.42 Å². The lowest BCUT2D eigenvalue weighted by Crippen LogP contribution is -2.27. The van der Waals surface area contributed by atoms with Gasteiger partial charge in [-0.2, -0.15) is 0 Å². The monoisotopic (exact) mass is 186 g/mol. The van der Waals surface area contributed by atoms with Crippen LogP contribution in [0.3, 0.4) is 0 Å². The summed E-state index contributed by atoms with van der Waals surface area (Å²) in [5, 5.41) is 3.47. The molecule has 2 heteroatoms. The number of nitrogens with two attached hydrogens (primary N) is 1. The van der Waals surface area contributed by atoms with Crippen LogP contribution in [0.5, 0.6) is 0 Å². The van der Waals surface area contributed by atoms with Gasteiger partial charge in [-0.05, 0) is 44.7 Å². The predicted molar refractivity (Wildman–Crippen MR) is 59.8 cm³/mol. The summed E-state index contributed by atoms with van der Waals surface area (Å²) in [5.74, 6) is 1.50. The van der Waals surface area contributed by atoms with Gasteiger partial charge in [0.15, 0.2) is 0 Å². The Bertz CT molecular complexity index is 111. The molecule has 0 aromatic rings. The summed E-state index contributed by atoms with van der Waals surface area (Å²) < 4.78 is 0. The second-order valence-electron chi connectivity index (χ2n) is 4.70. The van der Waals surface area contributed by atoms with Gasteiger partial charge in [-0.15, -0.1) is 0 Å². The molecule has 2 nitrogen and oxygen atoms in total. The van der Waals surface area contributed by atoms with Gasteiger partial charge in [-0.1, -0.05) is 20.8 Å². The van der Waals surface area contributed by atoms with Gasteiger partial charge >= 0.3 is 0 Å². The first kappa shape index (κ1) is 12.9. The molecule has 0 radical (unpaired) electrons. The lowest BCUT2D eigenvalue weighted by Gasteiger charge is -2.15. The van der Waals surface area contributed by atoms with Gasteiger partial charge in [0, 0.05) is 6.04 Å². The van der Waals surface area contributed by atoms with Gasteiger partial charge in [0.05, 0.1) is 0 Å². The Balaban J connectivity index is 3.22. The summed E-state index contributed by atoms with van der Waals surface area (Å²) in [5.41, 5.74) is 5.72. The van der Waals surface area contributed by atoms with Gasteiger partial charge in [0.2, 0.25) is 0 Å². The first-order valence-electron chi connectivity index (χ1n) is 5.48. The second-order valence-corrected chi connectivity index (χ2v) is 4.70. The minimum atomic E-state index is 0.335. The third-order valence-corrected chi connectivity index (χ3v) is 2.17. The van der Waals surface area contributed by atoms with Gasteiger partial charge in [0.25, 0.3) is 0 Å². The Hall–Kier alpha value is -0.0800. The van der Waals surface area contributed by atoms with Crippen LogP contribution in [0.25, 0.3) is 0 Å². The highest BCUT2D eigenvalue weighted by molar-refractivity contribution is 4.63. The van der Waals surface area contributed by atoms with Crippen molar-refractivity contribution in [3.8, 4) is 0 Å². The largest absolute Gasteiger partial charge is 0.328 e. The standard InChI is InChI=1S/C11H26N2/c1-9(2)5-6-13-8-10(3)7-11(4)12/h9-11,13H,5-8,12H2,1-4H3/t10?,11-/m0/s1. The van der Waals surface area contributed by atoms with Crippen molar-refractivity contribution in [1.82, 2.24) is 5.32 Å². The van der Waals surface area contributed by atoms with Crippen LogP contribution < -0.4 is 11.1 Å². The highest BCUT2D eigenvalue weighted by atomic mass is 14.9. The lowest BCUT2D eigenvalue weighted by atomic mass is 10.0. The Labute approximate surface area is 83.3 Å². The van der Waals surface area contributed by atoms with Gasteiger partial charge in [0.1, 0.15) is 0 Å². The molecule has 1 unspecified atom stereocenters. The molecule has 0 saturated carbocycles. The second kappa shape index (κ2) is 7.34. The molecule has 80 valence electrons. The molecular formula is C11H26N2. The predicted octanol–water partition coefficient (Wildman–Crippen LogP) is 2.00. The Morgan fingerprint density at radius 3 is 2.23 bits per heavy atom. The zero-order valence-corrected chi connectivity index (χ0v) is 9.64. The first-order chi connectivity index (χ1) is 6.02. The number of hydrogen-bond donors (Lipinski definition) is 2. The van der Waals surface area contributed by atoms with Crippen LogP contribution in [-0.2, 0) is 0 Å². The summed E-state index contributed by atoms with van der Waals surface area (Å²) in [6, 6.07) is 0.335. The minimum absolute atomic E-state index is 0.335. The summed E-state index contributed by atoms with van der Waals surface area (Å²) in [6.07, 6.45) is 2.39. The fraction of sp³-hybridized carbons (Fsp3) is 1.00. The first-order valence-corrected chi connectivity index (χ1v) is 5.48. The summed E-state index contributed by atoms with van der Waals surface area (Å²) in [7, 11) is 0. The maximum atomic E-state index is 5.72. The van der Waals surface area contributed by atoms with Gasteiger partial charge in [-0.25, -0.2) is 0 Å². The average Bonchev–Trinajstić information content (AvgIpc) is 1.96. The molecule has 0 amide bonds. The quantitative estimate of drug-likeness (QED) is 0.597. The van der Waals surface area contributed by atoms with Crippen LogP contribution in [0.15, 0.2) is 0 Å². The van der Waals surface area contributed by atoms with Crippen molar-refractivity contribution in [3.63, 3.8) is 0 Å². The highest BCUT2D eigenvalue weighted by Gasteiger charge is 2.04. The molecule has 0 aliphatic rings. The Morgan fingerprint density at radius 2 is 1.77 bits per heavy atom. The molecule has 0 rings (SSSR count). The van der Waals surface area contributed by atoms with Crippen molar-refractivity contribution < 1.29 is 0 Å². The molecule has 13 heavy (non-hydrogen) atoms. The normalized spacial score (nSPS) is 16.2. The van der Waals surface area contributed by atoms with Crippen LogP contribution in [0, 0.1) is 11.8 Å². The maximum absolute atomic E-state index is 5.72. The molecule has 0 saturated heterocycles. The molecule has 3 N–H and O–H groups in total. The summed E-state index contributed by atoms with van der Waals surface area (Å²) in [4.78, 5) is 0. The van der Waals surface area contributed by atoms with Crippen molar-refractivity contribution in [2.24, 2.45) is 17.6 Å². The fourth-order valence-corrected chi connectivity index (χ4v) is 1.46. The minimum Gasteiger partial charge on any atom is -0.328 e. The van der Waals surface area contributed by atoms with Crippen molar-refractivity contribution in [1.29, 1.82) is 0 Å². The lowest BCUT2D eigenvalue weighted by molar-refractivity contribution is 0.433. The van der Waals surface area contributed by atoms with E-state index in [2.05, 4.69) is 33.0 Å². The molecule has 0 aromatic heterocycles. The van der Waals surface area contributed by atoms with Crippen molar-refractivity contribution in [2.45, 2.75) is 46.6 Å². The maximum Gasteiger partial charge on any atom is 0.00134 e. The van der Waals surface area contributed by atoms with Gasteiger partial charge in [-0.3, -0.25) is 0 Å². The number of rotatable bonds is 7. The molecule has 2 atom stereocenters. The Kier molecular flexibility index (Phi) is 7.29. The SMILES string of the molecule is CC(C)CCNCC(C)C[C@H](C)N. The fourth-order valence-electron chi connectivity index (χ4n) is 1.46. The van der Waals surface area contributed by atoms with E-state index in [1.54, 1.807) is 0 Å². The zero-order chi connectivity index (χ0) is 10.3. The molecule has 0 aliphatic heterocycles. The third-order valence-electron chi connectivity index (χ3n) is 2.17. The van der Waals surface area contributed by atoms with Crippen LogP contribution in [0.4, 0.5) is 0 Å². The van der Waals surface area contributed by atoms with Crippen molar-refractivity contribution in [3.05, 3.63) is 0 Å². The summed E-state index contributed by atoms with van der Waals surface area (Å²) >= 11 is 0. The average molecular weight is 186 g/mol. The van der Waals surface area contributed by atoms with E-state index in [0.717, 1.165) is 25.4 Å². The van der Waals surface area contributed by atoms with Crippen molar-refractivity contribution >= 4 is 0 Å². The summed E-state index contributed by atoms with van der Waals surface area (Å²) in [6.45, 7) is 11.1. The van der Waals surface area contributed by atoms with E-state index >= 15 is 0 Å². The molecule has 0 bridgehead atoms. The van der Waals surface area contributed by atoms with Gasteiger partial charge < -0.3 is 11.1 Å². The van der Waals surface area contributed by atoms with Crippen LogP contribution >= 0.6 is 0 Å². The van der Waals surface area contributed by atoms with Crippen LogP contribution in [0.2, 0.25) is 0 Å². The molecule has 0 heterocycles. The van der Waals surface area contributed by atoms with E-state index in [-0.39, 0.29) is 0 Å². The van der Waals surface area contributed by atoms with E-state index in [4.69, 9.17) is 5.73 Å². The molecular weight excluding hydrogens is 160 g/mol. The molecule has 0 aliphatic carbocycles. The van der Waals surface area contributed by atoms with E-state index < -0.39 is 0 Å². The van der Waals surface area contributed by atoms with E-state index in [9.17, 15) is 0 Å². The highest BCUT2D eigenvalue weighted by Crippen LogP contribution is 2.03. The van der Waals surface area contributed by atoms with Crippen LogP contribution in [0.1, 0.15) is 40.5 Å². The number of hydrogen-bond acceptors (Lipinski definition) is 2. The molecule has 0 aromatic carbocycles. The van der Waals surface area contributed by atoms with E-state index in [1.807, 2.05) is 0 Å². The number of nitrogens with one attached hydrogen (secondary N) is 1. The topological polar surface area (TPSA) is 38.0 Å². The third kappa shape index (κ3) is 9.84. The van der Waals surface area contributed by atoms with Crippen LogP contribution in [-0.4, -0.2) is 19.1 Å². The van der Waals surface area contributed by atoms with Crippen molar-refractivity contribution in [2.75, 3.05) is 13.1 Å². The smallest absolute Gasteiger partial charge is 0.00134 e. The molecule has 0 fully saturated rings. The Morgan fingerprint density at radius 1 is 1.15 bits per heavy atom. The zero-order valence-electron chi connectivity index (χ0n) is 9.64. The van der Waals surface area contributed by atoms with E-state index in [0.29, 0.717) is 12.0 Å².